The Morgan fingerprint density at radius 1 is 0.659 bits per heavy atom. The van der Waals surface area contributed by atoms with Crippen molar-refractivity contribution in [3.05, 3.63) is 86.5 Å². The third-order valence-electron chi connectivity index (χ3n) is 8.71. The van der Waals surface area contributed by atoms with Crippen LogP contribution >= 0.6 is 0 Å². The molecule has 0 unspecified atom stereocenters. The van der Waals surface area contributed by atoms with Crippen LogP contribution in [0.3, 0.4) is 0 Å². The largest absolute Gasteiger partial charge is 0.507 e. The maximum absolute atomic E-state index is 11.5. The smallest absolute Gasteiger partial charge is 0.142 e. The van der Waals surface area contributed by atoms with E-state index in [1.165, 1.54) is 16.7 Å². The minimum absolute atomic E-state index is 0.0124. The average molecular weight is 601 g/mol. The topological polar surface area (TPSA) is 56.2 Å². The lowest BCUT2D eigenvalue weighted by atomic mass is 9.83. The molecule has 1 aliphatic heterocycles. The molecule has 0 amide bonds. The van der Waals surface area contributed by atoms with Gasteiger partial charge in [0.25, 0.3) is 0 Å². The third kappa shape index (κ3) is 7.79. The van der Waals surface area contributed by atoms with Gasteiger partial charge in [0.05, 0.1) is 0 Å². The van der Waals surface area contributed by atoms with E-state index in [1.807, 2.05) is 0 Å². The number of rotatable bonds is 7. The molecule has 5 heteroatoms. The summed E-state index contributed by atoms with van der Waals surface area (Å²) in [6, 6.07) is 12.9. The number of aryl methyl sites for hydroxylation is 3. The molecule has 1 heterocycles. The predicted octanol–water partition coefficient (Wildman–Crippen LogP) is 8.77. The van der Waals surface area contributed by atoms with Crippen molar-refractivity contribution in [1.82, 2.24) is 9.80 Å². The lowest BCUT2D eigenvalue weighted by Gasteiger charge is -2.35. The molecule has 1 aliphatic rings. The first-order chi connectivity index (χ1) is 20.2. The van der Waals surface area contributed by atoms with E-state index in [4.69, 9.17) is 4.74 Å². The zero-order valence-electron chi connectivity index (χ0n) is 29.4. The molecule has 0 saturated carbocycles. The van der Waals surface area contributed by atoms with Crippen LogP contribution in [0.1, 0.15) is 112 Å². The van der Waals surface area contributed by atoms with E-state index in [0.29, 0.717) is 31.3 Å². The summed E-state index contributed by atoms with van der Waals surface area (Å²) in [5, 5.41) is 22.9. The molecule has 0 atom stereocenters. The van der Waals surface area contributed by atoms with Gasteiger partial charge in [0, 0.05) is 55.0 Å². The van der Waals surface area contributed by atoms with Crippen molar-refractivity contribution in [1.29, 1.82) is 0 Å². The molecule has 2 N–H and O–H groups in total. The van der Waals surface area contributed by atoms with Crippen LogP contribution in [0.15, 0.2) is 36.4 Å². The highest BCUT2D eigenvalue weighted by Gasteiger charge is 2.28. The normalized spacial score (nSPS) is 14.6. The van der Waals surface area contributed by atoms with E-state index < -0.39 is 0 Å². The highest BCUT2D eigenvalue weighted by molar-refractivity contribution is 5.50. The van der Waals surface area contributed by atoms with Crippen LogP contribution in [0, 0.1) is 20.8 Å². The van der Waals surface area contributed by atoms with Crippen molar-refractivity contribution >= 4 is 0 Å². The first-order valence-electron chi connectivity index (χ1n) is 16.1. The Labute approximate surface area is 266 Å². The van der Waals surface area contributed by atoms with Crippen LogP contribution < -0.4 is 4.74 Å². The number of phenols is 2. The Morgan fingerprint density at radius 2 is 1.09 bits per heavy atom. The molecule has 0 bridgehead atoms. The lowest BCUT2D eigenvalue weighted by molar-refractivity contribution is 0.0785. The second-order valence-electron chi connectivity index (χ2n) is 16.2. The van der Waals surface area contributed by atoms with Crippen molar-refractivity contribution < 1.29 is 14.9 Å². The molecule has 0 spiro atoms. The summed E-state index contributed by atoms with van der Waals surface area (Å²) in [6.45, 7) is 30.0. The summed E-state index contributed by atoms with van der Waals surface area (Å²) >= 11 is 0. The van der Waals surface area contributed by atoms with E-state index in [2.05, 4.69) is 129 Å². The van der Waals surface area contributed by atoms with Gasteiger partial charge in [0.1, 0.15) is 24.0 Å². The standard InChI is InChI=1S/C39H56N2O3/c1-25-15-28(34(42)31(18-25)37(4,5)6)21-40(22-29-16-26(2)19-32(35(29)43)38(7,8)9)13-14-41-23-30-17-27(3)20-33(39(10,11)12)36(30)44-24-41/h15-20,42-43H,13-14,21-24H2,1-12H3. The van der Waals surface area contributed by atoms with E-state index in [0.717, 1.165) is 58.8 Å². The highest BCUT2D eigenvalue weighted by atomic mass is 16.5. The van der Waals surface area contributed by atoms with Gasteiger partial charge in [-0.25, -0.2) is 0 Å². The second-order valence-corrected chi connectivity index (χ2v) is 16.2. The van der Waals surface area contributed by atoms with Gasteiger partial charge in [0.2, 0.25) is 0 Å². The number of fused-ring (bicyclic) bond motifs is 1. The second kappa shape index (κ2) is 12.4. The van der Waals surface area contributed by atoms with Crippen LogP contribution in [-0.4, -0.2) is 39.8 Å². The van der Waals surface area contributed by atoms with E-state index in [-0.39, 0.29) is 16.2 Å². The van der Waals surface area contributed by atoms with Gasteiger partial charge in [-0.15, -0.1) is 0 Å². The number of hydrogen-bond acceptors (Lipinski definition) is 5. The zero-order chi connectivity index (χ0) is 32.8. The summed E-state index contributed by atoms with van der Waals surface area (Å²) in [4.78, 5) is 4.71. The first kappa shape index (κ1) is 33.9. The molecule has 5 nitrogen and oxygen atoms in total. The molecule has 3 aromatic carbocycles. The Morgan fingerprint density at radius 3 is 1.55 bits per heavy atom. The fourth-order valence-electron chi connectivity index (χ4n) is 6.35. The third-order valence-corrected chi connectivity index (χ3v) is 8.71. The first-order valence-corrected chi connectivity index (χ1v) is 16.1. The highest BCUT2D eigenvalue weighted by Crippen LogP contribution is 2.39. The average Bonchev–Trinajstić information content (AvgIpc) is 2.88. The quantitative estimate of drug-likeness (QED) is 0.284. The maximum atomic E-state index is 11.5. The Kier molecular flexibility index (Phi) is 9.55. The molecular weight excluding hydrogens is 544 g/mol. The van der Waals surface area contributed by atoms with Crippen molar-refractivity contribution in [2.45, 2.75) is 119 Å². The monoisotopic (exact) mass is 600 g/mol. The maximum Gasteiger partial charge on any atom is 0.142 e. The number of benzene rings is 3. The molecule has 0 radical (unpaired) electrons. The summed E-state index contributed by atoms with van der Waals surface area (Å²) in [6.07, 6.45) is 0. The van der Waals surface area contributed by atoms with Gasteiger partial charge in [0.15, 0.2) is 0 Å². The van der Waals surface area contributed by atoms with Crippen LogP contribution in [-0.2, 0) is 35.9 Å². The van der Waals surface area contributed by atoms with Gasteiger partial charge in [-0.3, -0.25) is 9.80 Å². The van der Waals surface area contributed by atoms with Gasteiger partial charge >= 0.3 is 0 Å². The SMILES string of the molecule is Cc1cc(CN(CCN2COc3c(cc(C)cc3C(C)(C)C)C2)Cc2cc(C)cc(C(C)(C)C)c2O)c(O)c(C(C)(C)C)c1. The molecule has 44 heavy (non-hydrogen) atoms. The molecular formula is C39H56N2O3. The number of ether oxygens (including phenoxy) is 1. The lowest BCUT2D eigenvalue weighted by Crippen LogP contribution is -2.39. The van der Waals surface area contributed by atoms with Crippen molar-refractivity contribution in [3.63, 3.8) is 0 Å². The Hall–Kier alpha value is -3.02. The van der Waals surface area contributed by atoms with E-state index in [9.17, 15) is 10.2 Å². The molecule has 4 rings (SSSR count). The molecule has 0 fully saturated rings. The van der Waals surface area contributed by atoms with Crippen LogP contribution in [0.4, 0.5) is 0 Å². The molecule has 0 aromatic heterocycles. The summed E-state index contributed by atoms with van der Waals surface area (Å²) in [7, 11) is 0. The zero-order valence-corrected chi connectivity index (χ0v) is 29.4. The molecule has 0 saturated heterocycles. The predicted molar refractivity (Wildman–Crippen MR) is 183 cm³/mol. The summed E-state index contributed by atoms with van der Waals surface area (Å²) in [5.74, 6) is 1.78. The van der Waals surface area contributed by atoms with Gasteiger partial charge in [-0.1, -0.05) is 115 Å². The summed E-state index contributed by atoms with van der Waals surface area (Å²) < 4.78 is 6.42. The number of nitrogens with zero attached hydrogens (tertiary/aromatic N) is 2. The fourth-order valence-corrected chi connectivity index (χ4v) is 6.35. The van der Waals surface area contributed by atoms with Crippen LogP contribution in [0.2, 0.25) is 0 Å². The Balaban J connectivity index is 1.65. The van der Waals surface area contributed by atoms with Gasteiger partial charge in [-0.05, 0) is 48.1 Å². The number of aromatic hydroxyl groups is 2. The minimum Gasteiger partial charge on any atom is -0.507 e. The minimum atomic E-state index is -0.172. The molecule has 240 valence electrons. The van der Waals surface area contributed by atoms with Crippen molar-refractivity contribution in [2.75, 3.05) is 19.8 Å². The van der Waals surface area contributed by atoms with Gasteiger partial charge < -0.3 is 14.9 Å². The van der Waals surface area contributed by atoms with E-state index in [1.54, 1.807) is 0 Å². The van der Waals surface area contributed by atoms with Crippen molar-refractivity contribution in [3.8, 4) is 17.2 Å². The van der Waals surface area contributed by atoms with Crippen molar-refractivity contribution in [2.24, 2.45) is 0 Å². The number of phenolic OH excluding ortho intramolecular Hbond substituents is 2. The molecule has 0 aliphatic carbocycles. The van der Waals surface area contributed by atoms with Crippen LogP contribution in [0.25, 0.3) is 0 Å². The molecule has 3 aromatic rings. The number of hydrogen-bond donors (Lipinski definition) is 2. The van der Waals surface area contributed by atoms with Gasteiger partial charge in [-0.2, -0.15) is 0 Å². The fraction of sp³-hybridized carbons (Fsp3) is 0.538. The Bertz CT molecular complexity index is 1430. The van der Waals surface area contributed by atoms with E-state index >= 15 is 0 Å². The van der Waals surface area contributed by atoms with Crippen LogP contribution in [0.5, 0.6) is 17.2 Å². The summed E-state index contributed by atoms with van der Waals surface area (Å²) in [5.41, 5.74) is 9.49.